The van der Waals surface area contributed by atoms with Gasteiger partial charge in [-0.1, -0.05) is 18.9 Å². The molecule has 0 atom stereocenters. The number of amides is 1. The van der Waals surface area contributed by atoms with Crippen LogP contribution in [0.1, 0.15) is 32.6 Å². The minimum atomic E-state index is -0.115. The summed E-state index contributed by atoms with van der Waals surface area (Å²) in [5, 5.41) is 9.95. The molecule has 0 saturated heterocycles. The lowest BCUT2D eigenvalue weighted by Gasteiger charge is -2.19. The third kappa shape index (κ3) is 4.95. The van der Waals surface area contributed by atoms with Gasteiger partial charge in [0.15, 0.2) is 0 Å². The van der Waals surface area contributed by atoms with Crippen molar-refractivity contribution in [2.24, 2.45) is 0 Å². The van der Waals surface area contributed by atoms with Gasteiger partial charge in [-0.25, -0.2) is 0 Å². The molecular formula is C11H20N4O2. The summed E-state index contributed by atoms with van der Waals surface area (Å²) in [4.78, 5) is 13.8. The van der Waals surface area contributed by atoms with Crippen molar-refractivity contribution in [3.8, 4) is 0 Å². The SMILES string of the molecule is CCCN(CCC)CC(=O)Nc1nnc(C)o1. The molecule has 0 aliphatic heterocycles. The van der Waals surface area contributed by atoms with E-state index in [0.717, 1.165) is 25.9 Å². The minimum Gasteiger partial charge on any atom is -0.408 e. The van der Waals surface area contributed by atoms with Crippen LogP contribution in [0.3, 0.4) is 0 Å². The number of aromatic nitrogens is 2. The van der Waals surface area contributed by atoms with Gasteiger partial charge in [0.2, 0.25) is 11.8 Å². The van der Waals surface area contributed by atoms with Crippen LogP contribution < -0.4 is 5.32 Å². The summed E-state index contributed by atoms with van der Waals surface area (Å²) in [6, 6.07) is 0.167. The minimum absolute atomic E-state index is 0.115. The lowest BCUT2D eigenvalue weighted by molar-refractivity contribution is -0.117. The van der Waals surface area contributed by atoms with Gasteiger partial charge in [-0.2, -0.15) is 0 Å². The topological polar surface area (TPSA) is 71.3 Å². The van der Waals surface area contributed by atoms with E-state index in [1.165, 1.54) is 0 Å². The van der Waals surface area contributed by atoms with E-state index in [2.05, 4.69) is 34.3 Å². The maximum absolute atomic E-state index is 11.7. The van der Waals surface area contributed by atoms with Gasteiger partial charge in [-0.3, -0.25) is 15.0 Å². The highest BCUT2D eigenvalue weighted by molar-refractivity contribution is 5.90. The fourth-order valence-corrected chi connectivity index (χ4v) is 1.61. The number of carbonyl (C=O) groups is 1. The Balaban J connectivity index is 2.41. The Labute approximate surface area is 101 Å². The Kier molecular flexibility index (Phi) is 5.62. The van der Waals surface area contributed by atoms with Crippen LogP contribution in [0.2, 0.25) is 0 Å². The number of nitrogens with zero attached hydrogens (tertiary/aromatic N) is 3. The number of rotatable bonds is 7. The average molecular weight is 240 g/mol. The second-order valence-electron chi connectivity index (χ2n) is 3.95. The Bertz CT molecular complexity index is 345. The monoisotopic (exact) mass is 240 g/mol. The van der Waals surface area contributed by atoms with Crippen molar-refractivity contribution in [2.45, 2.75) is 33.6 Å². The van der Waals surface area contributed by atoms with Gasteiger partial charge in [0.1, 0.15) is 0 Å². The first-order chi connectivity index (χ1) is 8.15. The predicted octanol–water partition coefficient (Wildman–Crippen LogP) is 1.44. The zero-order chi connectivity index (χ0) is 12.7. The van der Waals surface area contributed by atoms with Gasteiger partial charge in [0.05, 0.1) is 6.54 Å². The molecule has 1 amide bonds. The van der Waals surface area contributed by atoms with Gasteiger partial charge in [-0.05, 0) is 25.9 Å². The van der Waals surface area contributed by atoms with E-state index in [-0.39, 0.29) is 11.9 Å². The Hall–Kier alpha value is -1.43. The summed E-state index contributed by atoms with van der Waals surface area (Å²) in [5.41, 5.74) is 0. The lowest BCUT2D eigenvalue weighted by Crippen LogP contribution is -2.34. The molecule has 17 heavy (non-hydrogen) atoms. The number of nitrogens with one attached hydrogen (secondary N) is 1. The number of carbonyl (C=O) groups excluding carboxylic acids is 1. The Morgan fingerprint density at radius 1 is 1.29 bits per heavy atom. The quantitative estimate of drug-likeness (QED) is 0.780. The van der Waals surface area contributed by atoms with Crippen LogP contribution in [0.15, 0.2) is 4.42 Å². The number of anilines is 1. The highest BCUT2D eigenvalue weighted by atomic mass is 16.4. The second-order valence-corrected chi connectivity index (χ2v) is 3.95. The van der Waals surface area contributed by atoms with E-state index < -0.39 is 0 Å². The fraction of sp³-hybridized carbons (Fsp3) is 0.727. The second kappa shape index (κ2) is 7.01. The molecule has 96 valence electrons. The average Bonchev–Trinajstić information content (AvgIpc) is 2.64. The van der Waals surface area contributed by atoms with E-state index in [4.69, 9.17) is 4.42 Å². The molecule has 0 unspecified atom stereocenters. The van der Waals surface area contributed by atoms with Crippen LogP contribution in [-0.4, -0.2) is 40.6 Å². The lowest BCUT2D eigenvalue weighted by atomic mass is 10.3. The third-order valence-corrected chi connectivity index (χ3v) is 2.22. The van der Waals surface area contributed by atoms with Crippen molar-refractivity contribution >= 4 is 11.9 Å². The molecule has 6 heteroatoms. The Morgan fingerprint density at radius 2 is 1.94 bits per heavy atom. The van der Waals surface area contributed by atoms with Crippen molar-refractivity contribution in [1.82, 2.24) is 15.1 Å². The predicted molar refractivity (Wildman–Crippen MR) is 64.7 cm³/mol. The molecule has 0 saturated carbocycles. The third-order valence-electron chi connectivity index (χ3n) is 2.22. The molecule has 1 aromatic rings. The molecule has 0 spiro atoms. The molecule has 1 N–H and O–H groups in total. The number of aryl methyl sites for hydroxylation is 1. The first-order valence-corrected chi connectivity index (χ1v) is 5.98. The molecule has 6 nitrogen and oxygen atoms in total. The maximum atomic E-state index is 11.7. The standard InChI is InChI=1S/C11H20N4O2/c1-4-6-15(7-5-2)8-10(16)12-11-14-13-9(3)17-11/h4-8H2,1-3H3,(H,12,14,16). The van der Waals surface area contributed by atoms with Crippen LogP contribution in [0.4, 0.5) is 6.01 Å². The first kappa shape index (κ1) is 13.6. The summed E-state index contributed by atoms with van der Waals surface area (Å²) >= 11 is 0. The van der Waals surface area contributed by atoms with E-state index in [1.54, 1.807) is 6.92 Å². The van der Waals surface area contributed by atoms with E-state index in [1.807, 2.05) is 0 Å². The van der Waals surface area contributed by atoms with Gasteiger partial charge in [0, 0.05) is 6.92 Å². The molecule has 1 heterocycles. The molecule has 0 bridgehead atoms. The van der Waals surface area contributed by atoms with Crippen LogP contribution >= 0.6 is 0 Å². The van der Waals surface area contributed by atoms with Gasteiger partial charge in [0.25, 0.3) is 0 Å². The molecule has 0 aliphatic rings. The number of hydrogen-bond donors (Lipinski definition) is 1. The van der Waals surface area contributed by atoms with Crippen LogP contribution in [0, 0.1) is 6.92 Å². The van der Waals surface area contributed by atoms with Crippen molar-refractivity contribution in [3.63, 3.8) is 0 Å². The van der Waals surface area contributed by atoms with Crippen molar-refractivity contribution in [3.05, 3.63) is 5.89 Å². The smallest absolute Gasteiger partial charge is 0.322 e. The Morgan fingerprint density at radius 3 is 2.41 bits per heavy atom. The maximum Gasteiger partial charge on any atom is 0.322 e. The normalized spacial score (nSPS) is 10.8. The summed E-state index contributed by atoms with van der Waals surface area (Å²) < 4.78 is 5.08. The number of hydrogen-bond acceptors (Lipinski definition) is 5. The van der Waals surface area contributed by atoms with Gasteiger partial charge in [-0.15, -0.1) is 5.10 Å². The van der Waals surface area contributed by atoms with Gasteiger partial charge >= 0.3 is 6.01 Å². The molecular weight excluding hydrogens is 220 g/mol. The van der Waals surface area contributed by atoms with Crippen molar-refractivity contribution in [1.29, 1.82) is 0 Å². The summed E-state index contributed by atoms with van der Waals surface area (Å²) in [7, 11) is 0. The summed E-state index contributed by atoms with van der Waals surface area (Å²) in [6.07, 6.45) is 2.07. The molecule has 0 radical (unpaired) electrons. The largest absolute Gasteiger partial charge is 0.408 e. The van der Waals surface area contributed by atoms with E-state index >= 15 is 0 Å². The molecule has 1 aromatic heterocycles. The van der Waals surface area contributed by atoms with Crippen LogP contribution in [0.25, 0.3) is 0 Å². The molecule has 0 aliphatic carbocycles. The molecule has 0 fully saturated rings. The summed E-state index contributed by atoms with van der Waals surface area (Å²) in [6.45, 7) is 8.09. The molecule has 1 rings (SSSR count). The zero-order valence-corrected chi connectivity index (χ0v) is 10.7. The fourth-order valence-electron chi connectivity index (χ4n) is 1.61. The van der Waals surface area contributed by atoms with Gasteiger partial charge < -0.3 is 4.42 Å². The highest BCUT2D eigenvalue weighted by Crippen LogP contribution is 2.04. The van der Waals surface area contributed by atoms with Crippen molar-refractivity contribution in [2.75, 3.05) is 25.0 Å². The molecule has 0 aromatic carbocycles. The zero-order valence-electron chi connectivity index (χ0n) is 10.7. The first-order valence-electron chi connectivity index (χ1n) is 5.98. The van der Waals surface area contributed by atoms with E-state index in [9.17, 15) is 4.79 Å². The summed E-state index contributed by atoms with van der Waals surface area (Å²) in [5.74, 6) is 0.329. The highest BCUT2D eigenvalue weighted by Gasteiger charge is 2.11. The van der Waals surface area contributed by atoms with Crippen LogP contribution in [-0.2, 0) is 4.79 Å². The van der Waals surface area contributed by atoms with Crippen LogP contribution in [0.5, 0.6) is 0 Å². The van der Waals surface area contributed by atoms with Crippen molar-refractivity contribution < 1.29 is 9.21 Å². The van der Waals surface area contributed by atoms with E-state index in [0.29, 0.717) is 12.4 Å².